The lowest BCUT2D eigenvalue weighted by Crippen LogP contribution is -2.48. The molecule has 9 nitrogen and oxygen atoms in total. The van der Waals surface area contributed by atoms with E-state index in [1.807, 2.05) is 48.4 Å². The van der Waals surface area contributed by atoms with Crippen molar-refractivity contribution >= 4 is 28.7 Å². The van der Waals surface area contributed by atoms with Crippen molar-refractivity contribution in [3.05, 3.63) is 60.2 Å². The van der Waals surface area contributed by atoms with Crippen molar-refractivity contribution in [3.63, 3.8) is 0 Å². The third-order valence-electron chi connectivity index (χ3n) is 6.64. The Bertz CT molecular complexity index is 1370. The second-order valence-electron chi connectivity index (χ2n) is 9.36. The number of aromatic amines is 1. The Morgan fingerprint density at radius 1 is 1.03 bits per heavy atom. The molecule has 2 N–H and O–H groups in total. The summed E-state index contributed by atoms with van der Waals surface area (Å²) >= 11 is 0. The van der Waals surface area contributed by atoms with Crippen molar-refractivity contribution in [3.8, 4) is 11.3 Å². The number of rotatable bonds is 6. The van der Waals surface area contributed by atoms with E-state index in [2.05, 4.69) is 41.2 Å². The van der Waals surface area contributed by atoms with Crippen molar-refractivity contribution in [2.45, 2.75) is 26.3 Å². The first-order valence-corrected chi connectivity index (χ1v) is 12.1. The Balaban J connectivity index is 1.11. The summed E-state index contributed by atoms with van der Waals surface area (Å²) in [5.41, 5.74) is 4.88. The van der Waals surface area contributed by atoms with Gasteiger partial charge in [-0.05, 0) is 55.7 Å². The van der Waals surface area contributed by atoms with E-state index in [0.717, 1.165) is 79.5 Å². The lowest BCUT2D eigenvalue weighted by molar-refractivity contribution is -0.134. The Kier molecular flexibility index (Phi) is 5.61. The lowest BCUT2D eigenvalue weighted by atomic mass is 10.1. The third-order valence-corrected chi connectivity index (χ3v) is 6.64. The summed E-state index contributed by atoms with van der Waals surface area (Å²) in [5.74, 6) is 2.79. The van der Waals surface area contributed by atoms with Gasteiger partial charge in [0.15, 0.2) is 0 Å². The van der Waals surface area contributed by atoms with Crippen LogP contribution in [0.2, 0.25) is 0 Å². The minimum atomic E-state index is 0.303. The van der Waals surface area contributed by atoms with Crippen LogP contribution < -0.4 is 5.32 Å². The highest BCUT2D eigenvalue weighted by atomic mass is 16.2. The molecular weight excluding hydrogens is 440 g/mol. The van der Waals surface area contributed by atoms with Gasteiger partial charge in [-0.3, -0.25) is 9.69 Å². The topological polar surface area (TPSA) is 103 Å². The highest BCUT2D eigenvalue weighted by Crippen LogP contribution is 2.31. The SMILES string of the molecule is Cc1nccc(-c2ccc3nc(Nc4cc(CN5CCN(C(=O)C6CC6)CC5)ccn4)[nH]c3c2)n1. The van der Waals surface area contributed by atoms with Crippen LogP contribution in [-0.4, -0.2) is 66.8 Å². The predicted octanol–water partition coefficient (Wildman–Crippen LogP) is 3.52. The molecular formula is C26H28N8O. The minimum absolute atomic E-state index is 0.303. The standard InChI is InChI=1S/C26H28N8O/c1-17-27-9-7-21(29-17)20-4-5-22-23(15-20)31-26(30-22)32-24-14-18(6-8-28-24)16-33-10-12-34(13-11-33)25(35)19-2-3-19/h4-9,14-15,19H,2-3,10-13,16H2,1H3,(H2,28,30,31,32). The molecule has 4 heterocycles. The molecule has 35 heavy (non-hydrogen) atoms. The van der Waals surface area contributed by atoms with E-state index in [-0.39, 0.29) is 0 Å². The van der Waals surface area contributed by atoms with Crippen LogP contribution >= 0.6 is 0 Å². The second-order valence-corrected chi connectivity index (χ2v) is 9.36. The molecule has 2 aliphatic rings. The molecule has 3 aromatic heterocycles. The van der Waals surface area contributed by atoms with Gasteiger partial charge >= 0.3 is 0 Å². The van der Waals surface area contributed by atoms with Gasteiger partial charge in [-0.2, -0.15) is 0 Å². The van der Waals surface area contributed by atoms with Crippen molar-refractivity contribution in [1.29, 1.82) is 0 Å². The number of fused-ring (bicyclic) bond motifs is 1. The fourth-order valence-corrected chi connectivity index (χ4v) is 4.58. The number of aromatic nitrogens is 5. The molecule has 0 radical (unpaired) electrons. The van der Waals surface area contributed by atoms with Crippen LogP contribution in [0.1, 0.15) is 24.2 Å². The number of carbonyl (C=O) groups is 1. The highest BCUT2D eigenvalue weighted by molar-refractivity contribution is 5.83. The molecule has 178 valence electrons. The molecule has 6 rings (SSSR count). The highest BCUT2D eigenvalue weighted by Gasteiger charge is 2.34. The Hall–Kier alpha value is -3.85. The van der Waals surface area contributed by atoms with E-state index in [9.17, 15) is 4.79 Å². The number of nitrogens with one attached hydrogen (secondary N) is 2. The fourth-order valence-electron chi connectivity index (χ4n) is 4.58. The van der Waals surface area contributed by atoms with Crippen molar-refractivity contribution in [1.82, 2.24) is 34.7 Å². The number of imidazole rings is 1. The average molecular weight is 469 g/mol. The summed E-state index contributed by atoms with van der Waals surface area (Å²) in [6, 6.07) is 12.1. The predicted molar refractivity (Wildman–Crippen MR) is 134 cm³/mol. The number of pyridine rings is 1. The van der Waals surface area contributed by atoms with Crippen LogP contribution in [0.3, 0.4) is 0 Å². The first-order valence-electron chi connectivity index (χ1n) is 12.1. The molecule has 1 aliphatic carbocycles. The van der Waals surface area contributed by atoms with E-state index in [0.29, 0.717) is 17.8 Å². The number of aryl methyl sites for hydroxylation is 1. The second kappa shape index (κ2) is 9.07. The van der Waals surface area contributed by atoms with Crippen LogP contribution in [0.4, 0.5) is 11.8 Å². The molecule has 1 saturated carbocycles. The number of anilines is 2. The molecule has 4 aromatic rings. The molecule has 1 aromatic carbocycles. The van der Waals surface area contributed by atoms with E-state index in [4.69, 9.17) is 0 Å². The summed E-state index contributed by atoms with van der Waals surface area (Å²) in [5, 5.41) is 3.31. The zero-order valence-electron chi connectivity index (χ0n) is 19.7. The van der Waals surface area contributed by atoms with Crippen molar-refractivity contribution < 1.29 is 4.79 Å². The van der Waals surface area contributed by atoms with Gasteiger partial charge in [0.25, 0.3) is 0 Å². The van der Waals surface area contributed by atoms with E-state index < -0.39 is 0 Å². The van der Waals surface area contributed by atoms with Gasteiger partial charge in [-0.15, -0.1) is 0 Å². The van der Waals surface area contributed by atoms with E-state index >= 15 is 0 Å². The summed E-state index contributed by atoms with van der Waals surface area (Å²) in [4.78, 5) is 37.9. The van der Waals surface area contributed by atoms with Crippen LogP contribution in [-0.2, 0) is 11.3 Å². The average Bonchev–Trinajstić information content (AvgIpc) is 3.64. The zero-order chi connectivity index (χ0) is 23.8. The van der Waals surface area contributed by atoms with Gasteiger partial charge in [0, 0.05) is 56.6 Å². The van der Waals surface area contributed by atoms with Gasteiger partial charge in [0.1, 0.15) is 11.6 Å². The molecule has 2 fully saturated rings. The number of carbonyl (C=O) groups excluding carboxylic acids is 1. The Labute approximate surface area is 203 Å². The number of hydrogen-bond donors (Lipinski definition) is 2. The van der Waals surface area contributed by atoms with Crippen LogP contribution in [0, 0.1) is 12.8 Å². The molecule has 1 saturated heterocycles. The first kappa shape index (κ1) is 21.7. The van der Waals surface area contributed by atoms with Crippen LogP contribution in [0.25, 0.3) is 22.3 Å². The number of hydrogen-bond acceptors (Lipinski definition) is 7. The maximum atomic E-state index is 12.3. The van der Waals surface area contributed by atoms with Gasteiger partial charge in [0.05, 0.1) is 16.7 Å². The summed E-state index contributed by atoms with van der Waals surface area (Å²) in [6.07, 6.45) is 5.73. The van der Waals surface area contributed by atoms with Gasteiger partial charge in [-0.1, -0.05) is 6.07 Å². The number of H-pyrrole nitrogens is 1. The largest absolute Gasteiger partial charge is 0.340 e. The van der Waals surface area contributed by atoms with Crippen LogP contribution in [0.5, 0.6) is 0 Å². The molecule has 0 spiro atoms. The summed E-state index contributed by atoms with van der Waals surface area (Å²) in [6.45, 7) is 6.17. The third kappa shape index (κ3) is 4.85. The Morgan fingerprint density at radius 3 is 2.66 bits per heavy atom. The maximum Gasteiger partial charge on any atom is 0.225 e. The summed E-state index contributed by atoms with van der Waals surface area (Å²) < 4.78 is 0. The molecule has 1 aliphatic heterocycles. The zero-order valence-corrected chi connectivity index (χ0v) is 19.7. The Morgan fingerprint density at radius 2 is 1.86 bits per heavy atom. The molecule has 9 heteroatoms. The van der Waals surface area contributed by atoms with Gasteiger partial charge in [-0.25, -0.2) is 19.9 Å². The normalized spacial score (nSPS) is 16.5. The molecule has 1 amide bonds. The monoisotopic (exact) mass is 468 g/mol. The first-order chi connectivity index (χ1) is 17.1. The minimum Gasteiger partial charge on any atom is -0.340 e. The number of amides is 1. The number of benzene rings is 1. The molecule has 0 bridgehead atoms. The number of nitrogens with zero attached hydrogens (tertiary/aromatic N) is 6. The number of piperazine rings is 1. The molecule has 0 unspecified atom stereocenters. The van der Waals surface area contributed by atoms with Gasteiger partial charge in [0.2, 0.25) is 11.9 Å². The van der Waals surface area contributed by atoms with E-state index in [1.165, 1.54) is 5.56 Å². The quantitative estimate of drug-likeness (QED) is 0.446. The fraction of sp³-hybridized carbons (Fsp3) is 0.346. The smallest absolute Gasteiger partial charge is 0.225 e. The van der Waals surface area contributed by atoms with Crippen molar-refractivity contribution in [2.75, 3.05) is 31.5 Å². The van der Waals surface area contributed by atoms with Gasteiger partial charge < -0.3 is 15.2 Å². The summed E-state index contributed by atoms with van der Waals surface area (Å²) in [7, 11) is 0. The lowest BCUT2D eigenvalue weighted by Gasteiger charge is -2.34. The van der Waals surface area contributed by atoms with E-state index in [1.54, 1.807) is 6.20 Å². The molecule has 0 atom stereocenters. The maximum absolute atomic E-state index is 12.3. The van der Waals surface area contributed by atoms with Crippen molar-refractivity contribution in [2.24, 2.45) is 5.92 Å². The van der Waals surface area contributed by atoms with Crippen LogP contribution in [0.15, 0.2) is 48.8 Å².